The summed E-state index contributed by atoms with van der Waals surface area (Å²) >= 11 is 0. The van der Waals surface area contributed by atoms with E-state index in [9.17, 15) is 8.42 Å². The van der Waals surface area contributed by atoms with Crippen LogP contribution in [0.25, 0.3) is 0 Å². The molecule has 0 radical (unpaired) electrons. The van der Waals surface area contributed by atoms with Crippen LogP contribution in [-0.2, 0) is 9.84 Å². The zero-order valence-corrected chi connectivity index (χ0v) is 11.4. The van der Waals surface area contributed by atoms with Crippen LogP contribution >= 0.6 is 0 Å². The van der Waals surface area contributed by atoms with Crippen molar-refractivity contribution in [2.75, 3.05) is 18.1 Å². The van der Waals surface area contributed by atoms with Gasteiger partial charge in [-0.25, -0.2) is 8.42 Å². The standard InChI is InChI=1S/C12H25NO2S/c1-3-9-16(14,15)10-8-13-12-6-4-11(2)5-7-12/h11-13H,3-10H2,1-2H3. The van der Waals surface area contributed by atoms with Crippen LogP contribution in [0.5, 0.6) is 0 Å². The normalized spacial score (nSPS) is 26.9. The lowest BCUT2D eigenvalue weighted by Crippen LogP contribution is -2.36. The lowest BCUT2D eigenvalue weighted by molar-refractivity contribution is 0.311. The van der Waals surface area contributed by atoms with Gasteiger partial charge in [-0.05, 0) is 38.0 Å². The van der Waals surface area contributed by atoms with Gasteiger partial charge < -0.3 is 5.32 Å². The molecule has 1 aliphatic carbocycles. The molecule has 1 N–H and O–H groups in total. The molecule has 96 valence electrons. The molecule has 0 heterocycles. The number of rotatable bonds is 6. The molecule has 16 heavy (non-hydrogen) atoms. The summed E-state index contributed by atoms with van der Waals surface area (Å²) in [6, 6.07) is 0.549. The topological polar surface area (TPSA) is 46.2 Å². The van der Waals surface area contributed by atoms with E-state index in [0.29, 0.717) is 24.1 Å². The van der Waals surface area contributed by atoms with Gasteiger partial charge in [0.1, 0.15) is 0 Å². The third kappa shape index (κ3) is 5.30. The van der Waals surface area contributed by atoms with E-state index in [-0.39, 0.29) is 0 Å². The van der Waals surface area contributed by atoms with E-state index in [1.54, 1.807) is 0 Å². The Kier molecular flexibility index (Phi) is 5.76. The minimum absolute atomic E-state index is 0.299. The highest BCUT2D eigenvalue weighted by molar-refractivity contribution is 7.91. The van der Waals surface area contributed by atoms with E-state index >= 15 is 0 Å². The second-order valence-electron chi connectivity index (χ2n) is 5.06. The average Bonchev–Trinajstić information content (AvgIpc) is 2.20. The number of hydrogen-bond donors (Lipinski definition) is 1. The predicted octanol–water partition coefficient (Wildman–Crippen LogP) is 1.98. The number of nitrogens with one attached hydrogen (secondary N) is 1. The van der Waals surface area contributed by atoms with Crippen LogP contribution in [0.1, 0.15) is 46.0 Å². The van der Waals surface area contributed by atoms with Crippen molar-refractivity contribution in [3.63, 3.8) is 0 Å². The molecule has 0 bridgehead atoms. The Hall–Kier alpha value is -0.0900. The van der Waals surface area contributed by atoms with Gasteiger partial charge in [0.25, 0.3) is 0 Å². The lowest BCUT2D eigenvalue weighted by atomic mass is 9.87. The van der Waals surface area contributed by atoms with E-state index in [1.807, 2.05) is 6.92 Å². The molecule has 1 saturated carbocycles. The highest BCUT2D eigenvalue weighted by atomic mass is 32.2. The average molecular weight is 247 g/mol. The van der Waals surface area contributed by atoms with Crippen molar-refractivity contribution in [1.82, 2.24) is 5.32 Å². The van der Waals surface area contributed by atoms with Gasteiger partial charge in [0.05, 0.1) is 5.75 Å². The molecule has 0 aliphatic heterocycles. The monoisotopic (exact) mass is 247 g/mol. The molecule has 1 aliphatic rings. The molecule has 0 aromatic rings. The largest absolute Gasteiger partial charge is 0.313 e. The van der Waals surface area contributed by atoms with Crippen molar-refractivity contribution in [1.29, 1.82) is 0 Å². The molecule has 0 aromatic carbocycles. The van der Waals surface area contributed by atoms with Crippen LogP contribution < -0.4 is 5.32 Å². The van der Waals surface area contributed by atoms with E-state index in [1.165, 1.54) is 25.7 Å². The highest BCUT2D eigenvalue weighted by Gasteiger charge is 2.18. The summed E-state index contributed by atoms with van der Waals surface area (Å²) in [7, 11) is -2.81. The molecular weight excluding hydrogens is 222 g/mol. The maximum absolute atomic E-state index is 11.5. The zero-order valence-electron chi connectivity index (χ0n) is 10.5. The van der Waals surface area contributed by atoms with Gasteiger partial charge in [-0.2, -0.15) is 0 Å². The van der Waals surface area contributed by atoms with Gasteiger partial charge in [0.2, 0.25) is 0 Å². The fourth-order valence-corrected chi connectivity index (χ4v) is 3.55. The summed E-state index contributed by atoms with van der Waals surface area (Å²) in [4.78, 5) is 0. The number of hydrogen-bond acceptors (Lipinski definition) is 3. The lowest BCUT2D eigenvalue weighted by Gasteiger charge is -2.26. The summed E-state index contributed by atoms with van der Waals surface area (Å²) in [5.74, 6) is 1.48. The molecule has 3 nitrogen and oxygen atoms in total. The first-order chi connectivity index (χ1) is 7.53. The van der Waals surface area contributed by atoms with Crippen LogP contribution in [0, 0.1) is 5.92 Å². The molecule has 1 rings (SSSR count). The van der Waals surface area contributed by atoms with Crippen molar-refractivity contribution >= 4 is 9.84 Å². The van der Waals surface area contributed by atoms with Gasteiger partial charge in [0, 0.05) is 18.3 Å². The van der Waals surface area contributed by atoms with Crippen molar-refractivity contribution in [3.8, 4) is 0 Å². The Morgan fingerprint density at radius 2 is 1.75 bits per heavy atom. The first-order valence-corrected chi connectivity index (χ1v) is 8.29. The van der Waals surface area contributed by atoms with E-state index in [4.69, 9.17) is 0 Å². The predicted molar refractivity (Wildman–Crippen MR) is 68.4 cm³/mol. The SMILES string of the molecule is CCCS(=O)(=O)CCNC1CCC(C)CC1. The first-order valence-electron chi connectivity index (χ1n) is 6.47. The molecule has 0 saturated heterocycles. The molecule has 4 heteroatoms. The Bertz CT molecular complexity index is 279. The van der Waals surface area contributed by atoms with Gasteiger partial charge in [-0.15, -0.1) is 0 Å². The maximum Gasteiger partial charge on any atom is 0.151 e. The van der Waals surface area contributed by atoms with Crippen LogP contribution in [0.2, 0.25) is 0 Å². The smallest absolute Gasteiger partial charge is 0.151 e. The van der Waals surface area contributed by atoms with Crippen molar-refractivity contribution < 1.29 is 8.42 Å². The second kappa shape index (κ2) is 6.60. The summed E-state index contributed by atoms with van der Waals surface area (Å²) in [5, 5.41) is 3.38. The third-order valence-electron chi connectivity index (χ3n) is 3.38. The summed E-state index contributed by atoms with van der Waals surface area (Å²) < 4.78 is 23.0. The molecule has 0 unspecified atom stereocenters. The van der Waals surface area contributed by atoms with Crippen molar-refractivity contribution in [3.05, 3.63) is 0 Å². The van der Waals surface area contributed by atoms with Gasteiger partial charge in [-0.3, -0.25) is 0 Å². The van der Waals surface area contributed by atoms with E-state index < -0.39 is 9.84 Å². The fraction of sp³-hybridized carbons (Fsp3) is 1.00. The Morgan fingerprint density at radius 1 is 1.12 bits per heavy atom. The Labute approximate surface area is 99.9 Å². The number of sulfone groups is 1. The highest BCUT2D eigenvalue weighted by Crippen LogP contribution is 2.23. The molecule has 0 aromatic heterocycles. The fourth-order valence-electron chi connectivity index (χ4n) is 2.30. The Morgan fingerprint density at radius 3 is 2.31 bits per heavy atom. The molecular formula is C12H25NO2S. The van der Waals surface area contributed by atoms with Crippen LogP contribution in [-0.4, -0.2) is 32.5 Å². The van der Waals surface area contributed by atoms with Crippen molar-refractivity contribution in [2.24, 2.45) is 5.92 Å². The maximum atomic E-state index is 11.5. The van der Waals surface area contributed by atoms with Crippen LogP contribution in [0.3, 0.4) is 0 Å². The minimum atomic E-state index is -2.81. The quantitative estimate of drug-likeness (QED) is 0.780. The third-order valence-corrected chi connectivity index (χ3v) is 5.23. The first kappa shape index (κ1) is 14.0. The van der Waals surface area contributed by atoms with Gasteiger partial charge >= 0.3 is 0 Å². The minimum Gasteiger partial charge on any atom is -0.313 e. The summed E-state index contributed by atoms with van der Waals surface area (Å²) in [6.45, 7) is 4.83. The second-order valence-corrected chi connectivity index (χ2v) is 7.37. The van der Waals surface area contributed by atoms with Crippen LogP contribution in [0.4, 0.5) is 0 Å². The Balaban J connectivity index is 2.16. The van der Waals surface area contributed by atoms with E-state index in [2.05, 4.69) is 12.2 Å². The zero-order chi connectivity index (χ0) is 12.0. The van der Waals surface area contributed by atoms with Gasteiger partial charge in [-0.1, -0.05) is 13.8 Å². The van der Waals surface area contributed by atoms with Gasteiger partial charge in [0.15, 0.2) is 9.84 Å². The molecule has 0 atom stereocenters. The molecule has 1 fully saturated rings. The van der Waals surface area contributed by atoms with Crippen LogP contribution in [0.15, 0.2) is 0 Å². The molecule has 0 spiro atoms. The van der Waals surface area contributed by atoms with E-state index in [0.717, 1.165) is 12.3 Å². The van der Waals surface area contributed by atoms with Crippen molar-refractivity contribution in [2.45, 2.75) is 52.0 Å². The summed E-state index contributed by atoms with van der Waals surface area (Å²) in [5.41, 5.74) is 0. The summed E-state index contributed by atoms with van der Waals surface area (Å²) in [6.07, 6.45) is 5.69. The molecule has 0 amide bonds.